The lowest BCUT2D eigenvalue weighted by molar-refractivity contribution is -0.120. The van der Waals surface area contributed by atoms with Crippen LogP contribution in [-0.2, 0) is 4.79 Å². The van der Waals surface area contributed by atoms with E-state index in [1.54, 1.807) is 0 Å². The molecular formula is C12H26N2OS. The zero-order valence-corrected chi connectivity index (χ0v) is 11.8. The lowest BCUT2D eigenvalue weighted by Crippen LogP contribution is -2.39. The van der Waals surface area contributed by atoms with Gasteiger partial charge in [-0.05, 0) is 32.6 Å². The van der Waals surface area contributed by atoms with Crippen molar-refractivity contribution in [3.05, 3.63) is 0 Å². The first-order valence-corrected chi connectivity index (χ1v) is 7.41. The average molecular weight is 246 g/mol. The fourth-order valence-corrected chi connectivity index (χ4v) is 1.81. The predicted octanol–water partition coefficient (Wildman–Crippen LogP) is 2.02. The Kier molecular flexibility index (Phi) is 9.83. The molecule has 0 aliphatic rings. The first-order valence-electron chi connectivity index (χ1n) is 6.13. The van der Waals surface area contributed by atoms with Crippen molar-refractivity contribution in [2.75, 3.05) is 19.3 Å². The Labute approximate surface area is 104 Å². The minimum absolute atomic E-state index is 0.109. The Morgan fingerprint density at radius 3 is 2.56 bits per heavy atom. The van der Waals surface area contributed by atoms with Crippen LogP contribution in [0, 0.1) is 0 Å². The molecular weight excluding hydrogens is 220 g/mol. The van der Waals surface area contributed by atoms with Crippen LogP contribution in [0.5, 0.6) is 0 Å². The normalized spacial score (nSPS) is 14.5. The van der Waals surface area contributed by atoms with Gasteiger partial charge in [-0.25, -0.2) is 0 Å². The molecule has 4 heteroatoms. The van der Waals surface area contributed by atoms with Crippen molar-refractivity contribution in [1.29, 1.82) is 0 Å². The number of thioether (sulfide) groups is 1. The van der Waals surface area contributed by atoms with Crippen LogP contribution in [0.25, 0.3) is 0 Å². The molecule has 0 spiro atoms. The summed E-state index contributed by atoms with van der Waals surface area (Å²) in [6, 6.07) is 0.296. The molecule has 16 heavy (non-hydrogen) atoms. The molecule has 0 aromatic rings. The molecule has 0 fully saturated rings. The van der Waals surface area contributed by atoms with Gasteiger partial charge in [-0.1, -0.05) is 20.3 Å². The SMILES string of the molecule is CCCC(C)NC(=O)CNCCC(C)SC. The van der Waals surface area contributed by atoms with Crippen molar-refractivity contribution < 1.29 is 4.79 Å². The molecule has 0 bridgehead atoms. The second kappa shape index (κ2) is 9.97. The summed E-state index contributed by atoms with van der Waals surface area (Å²) in [6.45, 7) is 7.74. The summed E-state index contributed by atoms with van der Waals surface area (Å²) in [5.41, 5.74) is 0. The molecule has 0 heterocycles. The predicted molar refractivity (Wildman–Crippen MR) is 73.0 cm³/mol. The Hall–Kier alpha value is -0.220. The first-order chi connectivity index (χ1) is 7.60. The summed E-state index contributed by atoms with van der Waals surface area (Å²) in [4.78, 5) is 11.5. The van der Waals surface area contributed by atoms with Gasteiger partial charge in [0.15, 0.2) is 0 Å². The average Bonchev–Trinajstić information content (AvgIpc) is 2.24. The van der Waals surface area contributed by atoms with Crippen molar-refractivity contribution >= 4 is 17.7 Å². The third kappa shape index (κ3) is 9.04. The van der Waals surface area contributed by atoms with E-state index in [1.165, 1.54) is 0 Å². The van der Waals surface area contributed by atoms with Crippen molar-refractivity contribution in [2.45, 2.75) is 51.3 Å². The van der Waals surface area contributed by atoms with Gasteiger partial charge in [0.2, 0.25) is 5.91 Å². The molecule has 0 aliphatic carbocycles. The fraction of sp³-hybridized carbons (Fsp3) is 0.917. The Morgan fingerprint density at radius 1 is 1.31 bits per heavy atom. The Morgan fingerprint density at radius 2 is 2.00 bits per heavy atom. The van der Waals surface area contributed by atoms with E-state index in [9.17, 15) is 4.79 Å². The third-order valence-corrected chi connectivity index (χ3v) is 3.59. The number of carbonyl (C=O) groups excluding carboxylic acids is 1. The topological polar surface area (TPSA) is 41.1 Å². The molecule has 96 valence electrons. The van der Waals surface area contributed by atoms with Gasteiger partial charge in [0.25, 0.3) is 0 Å². The molecule has 3 nitrogen and oxygen atoms in total. The number of hydrogen-bond donors (Lipinski definition) is 2. The van der Waals surface area contributed by atoms with Crippen LogP contribution in [0.3, 0.4) is 0 Å². The highest BCUT2D eigenvalue weighted by Crippen LogP contribution is 2.07. The van der Waals surface area contributed by atoms with Crippen LogP contribution in [0.2, 0.25) is 0 Å². The number of amides is 1. The minimum Gasteiger partial charge on any atom is -0.353 e. The van der Waals surface area contributed by atoms with Gasteiger partial charge in [0, 0.05) is 11.3 Å². The van der Waals surface area contributed by atoms with Gasteiger partial charge in [-0.3, -0.25) is 4.79 Å². The molecule has 2 N–H and O–H groups in total. The van der Waals surface area contributed by atoms with Crippen molar-refractivity contribution in [3.8, 4) is 0 Å². The Bertz CT molecular complexity index is 188. The molecule has 0 aromatic heterocycles. The third-order valence-electron chi connectivity index (χ3n) is 2.54. The molecule has 0 saturated heterocycles. The highest BCUT2D eigenvalue weighted by molar-refractivity contribution is 7.99. The number of nitrogens with one attached hydrogen (secondary N) is 2. The van der Waals surface area contributed by atoms with Crippen LogP contribution in [-0.4, -0.2) is 36.5 Å². The molecule has 0 radical (unpaired) electrons. The highest BCUT2D eigenvalue weighted by atomic mass is 32.2. The summed E-state index contributed by atoms with van der Waals surface area (Å²) in [7, 11) is 0. The second-order valence-electron chi connectivity index (χ2n) is 4.27. The fourth-order valence-electron chi connectivity index (χ4n) is 1.46. The van der Waals surface area contributed by atoms with Gasteiger partial charge in [0.1, 0.15) is 0 Å². The number of rotatable bonds is 9. The van der Waals surface area contributed by atoms with E-state index >= 15 is 0 Å². The van der Waals surface area contributed by atoms with Crippen LogP contribution in [0.15, 0.2) is 0 Å². The van der Waals surface area contributed by atoms with Crippen LogP contribution < -0.4 is 10.6 Å². The first kappa shape index (κ1) is 15.8. The zero-order chi connectivity index (χ0) is 12.4. The largest absolute Gasteiger partial charge is 0.353 e. The Balaban J connectivity index is 3.43. The summed E-state index contributed by atoms with van der Waals surface area (Å²) in [6.07, 6.45) is 5.39. The molecule has 0 saturated carbocycles. The monoisotopic (exact) mass is 246 g/mol. The van der Waals surface area contributed by atoms with Gasteiger partial charge >= 0.3 is 0 Å². The summed E-state index contributed by atoms with van der Waals surface area (Å²) >= 11 is 1.86. The van der Waals surface area contributed by atoms with E-state index in [4.69, 9.17) is 0 Å². The van der Waals surface area contributed by atoms with Gasteiger partial charge in [-0.2, -0.15) is 11.8 Å². The minimum atomic E-state index is 0.109. The summed E-state index contributed by atoms with van der Waals surface area (Å²) in [5.74, 6) is 0.109. The second-order valence-corrected chi connectivity index (χ2v) is 5.55. The van der Waals surface area contributed by atoms with Crippen molar-refractivity contribution in [1.82, 2.24) is 10.6 Å². The molecule has 2 unspecified atom stereocenters. The van der Waals surface area contributed by atoms with Crippen molar-refractivity contribution in [3.63, 3.8) is 0 Å². The van der Waals surface area contributed by atoms with Gasteiger partial charge in [0.05, 0.1) is 6.54 Å². The molecule has 0 aliphatic heterocycles. The highest BCUT2D eigenvalue weighted by Gasteiger charge is 2.05. The number of hydrogen-bond acceptors (Lipinski definition) is 3. The van der Waals surface area contributed by atoms with Gasteiger partial charge < -0.3 is 10.6 Å². The molecule has 0 rings (SSSR count). The smallest absolute Gasteiger partial charge is 0.234 e. The maximum absolute atomic E-state index is 11.5. The standard InChI is InChI=1S/C12H26N2OS/c1-5-6-10(2)14-12(15)9-13-8-7-11(3)16-4/h10-11,13H,5-9H2,1-4H3,(H,14,15). The maximum atomic E-state index is 11.5. The molecule has 1 amide bonds. The van der Waals surface area contributed by atoms with E-state index < -0.39 is 0 Å². The van der Waals surface area contributed by atoms with E-state index in [-0.39, 0.29) is 5.91 Å². The van der Waals surface area contributed by atoms with Gasteiger partial charge in [-0.15, -0.1) is 0 Å². The zero-order valence-electron chi connectivity index (χ0n) is 11.0. The van der Waals surface area contributed by atoms with Crippen molar-refractivity contribution in [2.24, 2.45) is 0 Å². The molecule has 2 atom stereocenters. The lowest BCUT2D eigenvalue weighted by atomic mass is 10.2. The summed E-state index contributed by atoms with van der Waals surface area (Å²) in [5, 5.41) is 6.81. The van der Waals surface area contributed by atoms with E-state index in [2.05, 4.69) is 37.7 Å². The van der Waals surface area contributed by atoms with Crippen LogP contribution in [0.1, 0.15) is 40.0 Å². The quantitative estimate of drug-likeness (QED) is 0.612. The summed E-state index contributed by atoms with van der Waals surface area (Å²) < 4.78 is 0. The lowest BCUT2D eigenvalue weighted by Gasteiger charge is -2.13. The van der Waals surface area contributed by atoms with Crippen LogP contribution in [0.4, 0.5) is 0 Å². The van der Waals surface area contributed by atoms with E-state index in [0.29, 0.717) is 17.8 Å². The van der Waals surface area contributed by atoms with Crippen LogP contribution >= 0.6 is 11.8 Å². The van der Waals surface area contributed by atoms with E-state index in [0.717, 1.165) is 25.8 Å². The molecule has 0 aromatic carbocycles. The maximum Gasteiger partial charge on any atom is 0.234 e. The number of carbonyl (C=O) groups is 1. The van der Waals surface area contributed by atoms with E-state index in [1.807, 2.05) is 11.8 Å².